The van der Waals surface area contributed by atoms with Gasteiger partial charge in [0.1, 0.15) is 18.2 Å². The quantitative estimate of drug-likeness (QED) is 0.226. The Labute approximate surface area is 110 Å². The van der Waals surface area contributed by atoms with E-state index in [4.69, 9.17) is 10.4 Å². The summed E-state index contributed by atoms with van der Waals surface area (Å²) < 4.78 is 4.36. The minimum absolute atomic E-state index is 0.0630. The van der Waals surface area contributed by atoms with Crippen LogP contribution in [-0.2, 0) is 19.1 Å². The SMILES string of the molecule is COC(=O)CN/C=C(/C#N)C(=O)NCCCC(=O)O. The lowest BCUT2D eigenvalue weighted by atomic mass is 10.2. The Morgan fingerprint density at radius 1 is 1.42 bits per heavy atom. The largest absolute Gasteiger partial charge is 0.481 e. The van der Waals surface area contributed by atoms with Crippen LogP contribution < -0.4 is 10.6 Å². The van der Waals surface area contributed by atoms with Crippen molar-refractivity contribution < 1.29 is 24.2 Å². The summed E-state index contributed by atoms with van der Waals surface area (Å²) >= 11 is 0. The molecule has 0 spiro atoms. The maximum atomic E-state index is 11.5. The average Bonchev–Trinajstić information content (AvgIpc) is 2.38. The van der Waals surface area contributed by atoms with Gasteiger partial charge >= 0.3 is 11.9 Å². The van der Waals surface area contributed by atoms with Crippen LogP contribution in [-0.4, -0.2) is 43.2 Å². The highest BCUT2D eigenvalue weighted by Crippen LogP contribution is 1.92. The number of nitrogens with zero attached hydrogens (tertiary/aromatic N) is 1. The van der Waals surface area contributed by atoms with E-state index in [-0.39, 0.29) is 31.5 Å². The van der Waals surface area contributed by atoms with Gasteiger partial charge in [-0.2, -0.15) is 5.26 Å². The first kappa shape index (κ1) is 16.4. The van der Waals surface area contributed by atoms with Gasteiger partial charge in [0.05, 0.1) is 7.11 Å². The molecule has 0 saturated carbocycles. The summed E-state index contributed by atoms with van der Waals surface area (Å²) in [5.74, 6) is -2.12. The van der Waals surface area contributed by atoms with Gasteiger partial charge in [-0.05, 0) is 6.42 Å². The van der Waals surface area contributed by atoms with Crippen LogP contribution in [0.2, 0.25) is 0 Å². The summed E-state index contributed by atoms with van der Waals surface area (Å²) in [4.78, 5) is 32.5. The predicted molar refractivity (Wildman–Crippen MR) is 63.6 cm³/mol. The molecule has 0 radical (unpaired) electrons. The second-order valence-electron chi connectivity index (χ2n) is 3.38. The number of nitrogens with one attached hydrogen (secondary N) is 2. The molecule has 0 rings (SSSR count). The van der Waals surface area contributed by atoms with Gasteiger partial charge in [0.15, 0.2) is 0 Å². The molecule has 0 bridgehead atoms. The Morgan fingerprint density at radius 3 is 2.63 bits per heavy atom. The average molecular weight is 269 g/mol. The van der Waals surface area contributed by atoms with Crippen molar-refractivity contribution in [1.29, 1.82) is 5.26 Å². The maximum Gasteiger partial charge on any atom is 0.325 e. The first-order valence-electron chi connectivity index (χ1n) is 5.41. The van der Waals surface area contributed by atoms with E-state index in [1.165, 1.54) is 7.11 Å². The highest BCUT2D eigenvalue weighted by atomic mass is 16.5. The second-order valence-corrected chi connectivity index (χ2v) is 3.38. The molecule has 0 aromatic carbocycles. The number of hydrogen-bond donors (Lipinski definition) is 3. The lowest BCUT2D eigenvalue weighted by Gasteiger charge is -2.03. The third-order valence-corrected chi connectivity index (χ3v) is 1.94. The lowest BCUT2D eigenvalue weighted by molar-refractivity contribution is -0.139. The van der Waals surface area contributed by atoms with E-state index in [0.717, 1.165) is 6.20 Å². The highest BCUT2D eigenvalue weighted by Gasteiger charge is 2.08. The molecule has 0 aliphatic rings. The van der Waals surface area contributed by atoms with Crippen molar-refractivity contribution in [3.63, 3.8) is 0 Å². The van der Waals surface area contributed by atoms with Gasteiger partial charge in [-0.25, -0.2) is 0 Å². The first-order chi connectivity index (χ1) is 9.01. The van der Waals surface area contributed by atoms with Gasteiger partial charge in [-0.3, -0.25) is 14.4 Å². The fourth-order valence-corrected chi connectivity index (χ4v) is 0.994. The number of carbonyl (C=O) groups is 3. The summed E-state index contributed by atoms with van der Waals surface area (Å²) in [6.45, 7) is -0.00483. The summed E-state index contributed by atoms with van der Waals surface area (Å²) in [7, 11) is 1.22. The van der Waals surface area contributed by atoms with Crippen molar-refractivity contribution in [1.82, 2.24) is 10.6 Å². The monoisotopic (exact) mass is 269 g/mol. The third kappa shape index (κ3) is 8.20. The maximum absolute atomic E-state index is 11.5. The highest BCUT2D eigenvalue weighted by molar-refractivity contribution is 5.97. The number of amides is 1. The van der Waals surface area contributed by atoms with E-state index in [9.17, 15) is 14.4 Å². The Bertz CT molecular complexity index is 411. The van der Waals surface area contributed by atoms with E-state index in [1.54, 1.807) is 6.07 Å². The molecule has 0 aromatic rings. The van der Waals surface area contributed by atoms with E-state index >= 15 is 0 Å². The molecule has 3 N–H and O–H groups in total. The normalized spacial score (nSPS) is 10.2. The van der Waals surface area contributed by atoms with Gasteiger partial charge in [0.25, 0.3) is 5.91 Å². The molecule has 0 aromatic heterocycles. The minimum atomic E-state index is -0.954. The standard InChI is InChI=1S/C11H15N3O5/c1-19-10(17)7-13-6-8(5-12)11(18)14-4-2-3-9(15)16/h6,13H,2-4,7H2,1H3,(H,14,18)(H,15,16)/b8-6-. The minimum Gasteiger partial charge on any atom is -0.481 e. The molecular formula is C11H15N3O5. The Hall–Kier alpha value is -2.56. The Morgan fingerprint density at radius 2 is 2.11 bits per heavy atom. The number of carboxylic acids is 1. The van der Waals surface area contributed by atoms with Gasteiger partial charge in [-0.1, -0.05) is 0 Å². The van der Waals surface area contributed by atoms with Crippen LogP contribution >= 0.6 is 0 Å². The molecule has 104 valence electrons. The molecule has 0 saturated heterocycles. The fourth-order valence-electron chi connectivity index (χ4n) is 0.994. The number of nitriles is 1. The van der Waals surface area contributed by atoms with Gasteiger partial charge in [-0.15, -0.1) is 0 Å². The predicted octanol–water partition coefficient (Wildman–Crippen LogP) is -0.863. The first-order valence-corrected chi connectivity index (χ1v) is 5.41. The number of aliphatic carboxylic acids is 1. The van der Waals surface area contributed by atoms with Crippen LogP contribution in [0.4, 0.5) is 0 Å². The second kappa shape index (κ2) is 9.47. The number of hydrogen-bond acceptors (Lipinski definition) is 6. The van der Waals surface area contributed by atoms with Crippen LogP contribution in [0.5, 0.6) is 0 Å². The van der Waals surface area contributed by atoms with Crippen LogP contribution in [0, 0.1) is 11.3 Å². The van der Waals surface area contributed by atoms with E-state index in [1.807, 2.05) is 0 Å². The number of carbonyl (C=O) groups excluding carboxylic acids is 2. The summed E-state index contributed by atoms with van der Waals surface area (Å²) in [5.41, 5.74) is -0.209. The topological polar surface area (TPSA) is 129 Å². The molecule has 0 fully saturated rings. The number of methoxy groups -OCH3 is 1. The zero-order chi connectivity index (χ0) is 14.7. The van der Waals surface area contributed by atoms with Crippen molar-refractivity contribution in [3.8, 4) is 6.07 Å². The summed E-state index contributed by atoms with van der Waals surface area (Å²) in [6.07, 6.45) is 1.31. The zero-order valence-corrected chi connectivity index (χ0v) is 10.4. The zero-order valence-electron chi connectivity index (χ0n) is 10.4. The van der Waals surface area contributed by atoms with Crippen LogP contribution in [0.3, 0.4) is 0 Å². The van der Waals surface area contributed by atoms with Gasteiger partial charge in [0, 0.05) is 19.2 Å². The van der Waals surface area contributed by atoms with E-state index < -0.39 is 17.8 Å². The van der Waals surface area contributed by atoms with Gasteiger partial charge in [0.2, 0.25) is 0 Å². The molecule has 8 heteroatoms. The molecule has 19 heavy (non-hydrogen) atoms. The number of rotatable bonds is 8. The Balaban J connectivity index is 4.10. The van der Waals surface area contributed by atoms with Gasteiger partial charge < -0.3 is 20.5 Å². The molecule has 0 aliphatic heterocycles. The lowest BCUT2D eigenvalue weighted by Crippen LogP contribution is -2.28. The number of carboxylic acid groups (broad SMARTS) is 1. The molecule has 0 heterocycles. The smallest absolute Gasteiger partial charge is 0.325 e. The van der Waals surface area contributed by atoms with Crippen molar-refractivity contribution in [2.75, 3.05) is 20.2 Å². The molecule has 0 atom stereocenters. The van der Waals surface area contributed by atoms with Crippen molar-refractivity contribution in [2.45, 2.75) is 12.8 Å². The third-order valence-electron chi connectivity index (χ3n) is 1.94. The van der Waals surface area contributed by atoms with Crippen molar-refractivity contribution in [2.24, 2.45) is 0 Å². The van der Waals surface area contributed by atoms with E-state index in [0.29, 0.717) is 0 Å². The van der Waals surface area contributed by atoms with Crippen molar-refractivity contribution >= 4 is 17.8 Å². The van der Waals surface area contributed by atoms with Crippen LogP contribution in [0.1, 0.15) is 12.8 Å². The fraction of sp³-hybridized carbons (Fsp3) is 0.455. The summed E-state index contributed by atoms with van der Waals surface area (Å²) in [6, 6.07) is 1.66. The molecular weight excluding hydrogens is 254 g/mol. The van der Waals surface area contributed by atoms with E-state index in [2.05, 4.69) is 15.4 Å². The summed E-state index contributed by atoms with van der Waals surface area (Å²) in [5, 5.41) is 22.0. The molecule has 8 nitrogen and oxygen atoms in total. The number of esters is 1. The Kier molecular flexibility index (Phi) is 8.19. The number of ether oxygens (including phenoxy) is 1. The molecule has 0 aliphatic carbocycles. The van der Waals surface area contributed by atoms with Crippen LogP contribution in [0.25, 0.3) is 0 Å². The molecule has 0 unspecified atom stereocenters. The van der Waals surface area contributed by atoms with Crippen LogP contribution in [0.15, 0.2) is 11.8 Å². The van der Waals surface area contributed by atoms with Crippen molar-refractivity contribution in [3.05, 3.63) is 11.8 Å². The molecule has 1 amide bonds.